The Bertz CT molecular complexity index is 614. The first kappa shape index (κ1) is 15.2. The molecule has 1 rings (SSSR count). The molecule has 0 unspecified atom stereocenters. The summed E-state index contributed by atoms with van der Waals surface area (Å²) >= 11 is 0. The molecular weight excluding hydrogens is 266 g/mol. The van der Waals surface area contributed by atoms with E-state index in [9.17, 15) is 13.2 Å². The van der Waals surface area contributed by atoms with Gasteiger partial charge in [-0.3, -0.25) is 0 Å². The molecule has 0 fully saturated rings. The Labute approximate surface area is 112 Å². The monoisotopic (exact) mass is 281 g/mol. The van der Waals surface area contributed by atoms with E-state index in [1.165, 1.54) is 18.2 Å². The number of rotatable bonds is 6. The van der Waals surface area contributed by atoms with Gasteiger partial charge in [-0.2, -0.15) is 5.26 Å². The highest BCUT2D eigenvalue weighted by atomic mass is 32.2. The fourth-order valence-electron chi connectivity index (χ4n) is 1.72. The van der Waals surface area contributed by atoms with Crippen LogP contribution in [0.25, 0.3) is 0 Å². The second-order valence-electron chi connectivity index (χ2n) is 4.06. The highest BCUT2D eigenvalue weighted by Gasteiger charge is 2.19. The summed E-state index contributed by atoms with van der Waals surface area (Å²) in [5, 5.41) is 17.3. The highest BCUT2D eigenvalue weighted by Crippen LogP contribution is 2.21. The molecule has 1 N–H and O–H groups in total. The second-order valence-corrected chi connectivity index (χ2v) is 6.14. The van der Waals surface area contributed by atoms with Crippen LogP contribution in [0.3, 0.4) is 0 Å². The molecule has 19 heavy (non-hydrogen) atoms. The number of sulfone groups is 1. The fourth-order valence-corrected chi connectivity index (χ4v) is 3.38. The first-order valence-electron chi connectivity index (χ1n) is 5.88. The number of hydrogen-bond acceptors (Lipinski definition) is 4. The number of nitrogens with zero attached hydrogens (tertiary/aromatic N) is 1. The summed E-state index contributed by atoms with van der Waals surface area (Å²) < 4.78 is 24.3. The predicted octanol–water partition coefficient (Wildman–Crippen LogP) is 2.02. The molecule has 1 aromatic rings. The van der Waals surface area contributed by atoms with Crippen molar-refractivity contribution in [2.24, 2.45) is 0 Å². The Morgan fingerprint density at radius 1 is 1.42 bits per heavy atom. The van der Waals surface area contributed by atoms with Crippen molar-refractivity contribution in [1.82, 2.24) is 0 Å². The van der Waals surface area contributed by atoms with Gasteiger partial charge in [0, 0.05) is 6.42 Å². The molecular formula is C13H15NO4S. The molecule has 0 saturated carbocycles. The predicted molar refractivity (Wildman–Crippen MR) is 69.7 cm³/mol. The smallest absolute Gasteiger partial charge is 0.335 e. The summed E-state index contributed by atoms with van der Waals surface area (Å²) in [5.41, 5.74) is 0.554. The van der Waals surface area contributed by atoms with E-state index in [-0.39, 0.29) is 29.1 Å². The Balaban J connectivity index is 3.19. The van der Waals surface area contributed by atoms with Crippen molar-refractivity contribution in [3.05, 3.63) is 29.3 Å². The van der Waals surface area contributed by atoms with Crippen LogP contribution in [-0.2, 0) is 16.3 Å². The Morgan fingerprint density at radius 2 is 2.11 bits per heavy atom. The number of nitriles is 1. The van der Waals surface area contributed by atoms with Crippen molar-refractivity contribution in [2.45, 2.75) is 31.1 Å². The van der Waals surface area contributed by atoms with Crippen LogP contribution in [0, 0.1) is 11.3 Å². The first-order valence-corrected chi connectivity index (χ1v) is 7.53. The number of carbonyl (C=O) groups is 1. The van der Waals surface area contributed by atoms with Crippen LogP contribution < -0.4 is 0 Å². The number of carboxylic acids is 1. The molecule has 5 nitrogen and oxygen atoms in total. The number of carboxylic acid groups (broad SMARTS) is 1. The number of aryl methyl sites for hydroxylation is 1. The molecule has 0 aliphatic heterocycles. The summed E-state index contributed by atoms with van der Waals surface area (Å²) in [7, 11) is -3.55. The van der Waals surface area contributed by atoms with E-state index in [0.29, 0.717) is 12.0 Å². The third kappa shape index (κ3) is 3.80. The van der Waals surface area contributed by atoms with Crippen molar-refractivity contribution in [3.63, 3.8) is 0 Å². The standard InChI is InChI=1S/C13H15NO4S/c1-2-10-5-6-11(13(15)16)9-12(10)19(17,18)8-4-3-7-14/h5-6,9H,2-4,8H2,1H3,(H,15,16). The zero-order valence-corrected chi connectivity index (χ0v) is 11.4. The quantitative estimate of drug-likeness (QED) is 0.805. The molecule has 0 amide bonds. The lowest BCUT2D eigenvalue weighted by atomic mass is 10.1. The minimum atomic E-state index is -3.55. The SMILES string of the molecule is CCc1ccc(C(=O)O)cc1S(=O)(=O)CCCC#N. The van der Waals surface area contributed by atoms with Crippen molar-refractivity contribution in [1.29, 1.82) is 5.26 Å². The minimum absolute atomic E-state index is 0.0453. The van der Waals surface area contributed by atoms with Crippen molar-refractivity contribution in [3.8, 4) is 6.07 Å². The average molecular weight is 281 g/mol. The van der Waals surface area contributed by atoms with Gasteiger partial charge in [0.15, 0.2) is 9.84 Å². The van der Waals surface area contributed by atoms with Crippen LogP contribution in [0.1, 0.15) is 35.7 Å². The van der Waals surface area contributed by atoms with Gasteiger partial charge in [0.1, 0.15) is 0 Å². The zero-order valence-electron chi connectivity index (χ0n) is 10.6. The molecule has 1 aromatic carbocycles. The Morgan fingerprint density at radius 3 is 2.63 bits per heavy atom. The van der Waals surface area contributed by atoms with Gasteiger partial charge in [0.2, 0.25) is 0 Å². The molecule has 0 heterocycles. The lowest BCUT2D eigenvalue weighted by molar-refractivity contribution is 0.0696. The molecule has 0 aromatic heterocycles. The third-order valence-corrected chi connectivity index (χ3v) is 4.61. The molecule has 0 saturated heterocycles. The zero-order chi connectivity index (χ0) is 14.5. The van der Waals surface area contributed by atoms with Crippen LogP contribution in [0.5, 0.6) is 0 Å². The molecule has 0 spiro atoms. The number of aromatic carboxylic acids is 1. The molecule has 0 bridgehead atoms. The molecule has 102 valence electrons. The van der Waals surface area contributed by atoms with Gasteiger partial charge in [0.25, 0.3) is 0 Å². The van der Waals surface area contributed by atoms with E-state index >= 15 is 0 Å². The van der Waals surface area contributed by atoms with E-state index in [0.717, 1.165) is 0 Å². The fraction of sp³-hybridized carbons (Fsp3) is 0.385. The van der Waals surface area contributed by atoms with E-state index in [1.54, 1.807) is 0 Å². The van der Waals surface area contributed by atoms with Crippen molar-refractivity contribution < 1.29 is 18.3 Å². The van der Waals surface area contributed by atoms with E-state index in [1.807, 2.05) is 13.0 Å². The van der Waals surface area contributed by atoms with Gasteiger partial charge in [0.05, 0.1) is 22.3 Å². The van der Waals surface area contributed by atoms with Gasteiger partial charge >= 0.3 is 5.97 Å². The molecule has 0 atom stereocenters. The topological polar surface area (TPSA) is 95.2 Å². The van der Waals surface area contributed by atoms with Gasteiger partial charge in [-0.15, -0.1) is 0 Å². The van der Waals surface area contributed by atoms with Crippen molar-refractivity contribution in [2.75, 3.05) is 5.75 Å². The van der Waals surface area contributed by atoms with Gasteiger partial charge < -0.3 is 5.11 Å². The summed E-state index contributed by atoms with van der Waals surface area (Å²) in [4.78, 5) is 11.0. The van der Waals surface area contributed by atoms with Crippen LogP contribution in [0.15, 0.2) is 23.1 Å². The van der Waals surface area contributed by atoms with E-state index in [4.69, 9.17) is 10.4 Å². The Kier molecular flexibility index (Phi) is 5.07. The minimum Gasteiger partial charge on any atom is -0.478 e. The maximum absolute atomic E-state index is 12.2. The van der Waals surface area contributed by atoms with Crippen LogP contribution in [0.4, 0.5) is 0 Å². The maximum Gasteiger partial charge on any atom is 0.335 e. The lowest BCUT2D eigenvalue weighted by Gasteiger charge is -2.09. The summed E-state index contributed by atoms with van der Waals surface area (Å²) in [6.45, 7) is 1.81. The van der Waals surface area contributed by atoms with Gasteiger partial charge in [-0.05, 0) is 30.5 Å². The largest absolute Gasteiger partial charge is 0.478 e. The number of benzene rings is 1. The third-order valence-electron chi connectivity index (χ3n) is 2.73. The van der Waals surface area contributed by atoms with Crippen LogP contribution in [0.2, 0.25) is 0 Å². The summed E-state index contributed by atoms with van der Waals surface area (Å²) in [6.07, 6.45) is 0.922. The van der Waals surface area contributed by atoms with Gasteiger partial charge in [-0.25, -0.2) is 13.2 Å². The molecule has 0 aliphatic rings. The normalized spacial score (nSPS) is 10.9. The average Bonchev–Trinajstić information content (AvgIpc) is 2.38. The van der Waals surface area contributed by atoms with Gasteiger partial charge in [-0.1, -0.05) is 13.0 Å². The highest BCUT2D eigenvalue weighted by molar-refractivity contribution is 7.91. The maximum atomic E-state index is 12.2. The first-order chi connectivity index (χ1) is 8.92. The van der Waals surface area contributed by atoms with Crippen LogP contribution in [-0.4, -0.2) is 25.2 Å². The van der Waals surface area contributed by atoms with E-state index in [2.05, 4.69) is 0 Å². The van der Waals surface area contributed by atoms with Crippen LogP contribution >= 0.6 is 0 Å². The summed E-state index contributed by atoms with van der Waals surface area (Å²) in [5.74, 6) is -1.30. The molecule has 6 heteroatoms. The molecule has 0 aliphatic carbocycles. The Hall–Kier alpha value is -1.87. The van der Waals surface area contributed by atoms with E-state index < -0.39 is 15.8 Å². The second kappa shape index (κ2) is 6.34. The molecule has 0 radical (unpaired) electrons. The summed E-state index contributed by atoms with van der Waals surface area (Å²) in [6, 6.07) is 6.02. The number of unbranched alkanes of at least 4 members (excludes halogenated alkanes) is 1. The number of hydrogen-bond donors (Lipinski definition) is 1. The van der Waals surface area contributed by atoms with Crippen molar-refractivity contribution >= 4 is 15.8 Å². The lowest BCUT2D eigenvalue weighted by Crippen LogP contribution is -2.11.